The van der Waals surface area contributed by atoms with Crippen molar-refractivity contribution >= 4 is 29.0 Å². The topological polar surface area (TPSA) is 87.8 Å². The van der Waals surface area contributed by atoms with Crippen LogP contribution in [0.25, 0.3) is 11.3 Å². The third-order valence-corrected chi connectivity index (χ3v) is 7.18. The molecule has 0 aliphatic carbocycles. The normalized spacial score (nSPS) is 16.5. The minimum atomic E-state index is -0.971. The average molecular weight is 548 g/mol. The number of ether oxygens (including phenoxy) is 1. The summed E-state index contributed by atoms with van der Waals surface area (Å²) in [5, 5.41) is 13.2. The van der Waals surface area contributed by atoms with Crippen LogP contribution in [-0.4, -0.2) is 21.2 Å². The van der Waals surface area contributed by atoms with Gasteiger partial charge >= 0.3 is 5.97 Å². The van der Waals surface area contributed by atoms with E-state index in [4.69, 9.17) is 21.4 Å². The average Bonchev–Trinajstić information content (AvgIpc) is 3.60. The fourth-order valence-corrected chi connectivity index (χ4v) is 5.18. The Morgan fingerprint density at radius 2 is 1.70 bits per heavy atom. The molecular weight excluding hydrogens is 522 g/mol. The van der Waals surface area contributed by atoms with Crippen LogP contribution >= 0.6 is 12.2 Å². The van der Waals surface area contributed by atoms with Gasteiger partial charge in [0.15, 0.2) is 5.11 Å². The summed E-state index contributed by atoms with van der Waals surface area (Å²) in [7, 11) is 0. The minimum Gasteiger partial charge on any atom is -0.478 e. The van der Waals surface area contributed by atoms with E-state index in [1.54, 1.807) is 30.5 Å². The Morgan fingerprint density at radius 1 is 0.950 bits per heavy atom. The Balaban J connectivity index is 1.34. The lowest BCUT2D eigenvalue weighted by molar-refractivity contribution is 0.0697. The molecule has 1 aliphatic rings. The maximum atomic E-state index is 11.3. The molecule has 8 heteroatoms. The predicted molar refractivity (Wildman–Crippen MR) is 157 cm³/mol. The summed E-state index contributed by atoms with van der Waals surface area (Å²) in [5.41, 5.74) is 3.77. The summed E-state index contributed by atoms with van der Waals surface area (Å²) < 4.78 is 12.5. The number of nitrogens with one attached hydrogen (secondary N) is 1. The molecule has 0 bridgehead atoms. The van der Waals surface area contributed by atoms with Crippen LogP contribution < -0.4 is 15.0 Å². The van der Waals surface area contributed by atoms with Gasteiger partial charge in [0.2, 0.25) is 0 Å². The third-order valence-electron chi connectivity index (χ3n) is 6.87. The van der Waals surface area contributed by atoms with Gasteiger partial charge in [-0.05, 0) is 91.4 Å². The van der Waals surface area contributed by atoms with E-state index >= 15 is 0 Å². The number of aromatic nitrogens is 1. The number of para-hydroxylation sites is 1. The first-order valence-corrected chi connectivity index (χ1v) is 13.2. The molecule has 2 atom stereocenters. The standard InChI is InChI=1S/C32H25N3O4S/c1-20-6-2-3-8-26(20)38-24-15-13-23(14-16-24)35-30(29(34-32(35)40)25-7-4-5-19-33-25)28-18-17-27(39-28)21-9-11-22(12-10-21)31(36)37/h2-19,29-30H,1H3,(H,34,40)(H,36,37)/t29-,30-/m1/s1. The van der Waals surface area contributed by atoms with Crippen LogP contribution in [0, 0.1) is 6.92 Å². The molecule has 0 radical (unpaired) electrons. The number of benzene rings is 3. The summed E-state index contributed by atoms with van der Waals surface area (Å²) in [4.78, 5) is 17.9. The molecule has 3 aromatic carbocycles. The number of thiocarbonyl (C=S) groups is 1. The van der Waals surface area contributed by atoms with Crippen LogP contribution in [0.15, 0.2) is 114 Å². The second-order valence-electron chi connectivity index (χ2n) is 9.44. The molecule has 7 nitrogen and oxygen atoms in total. The molecule has 1 fully saturated rings. The summed E-state index contributed by atoms with van der Waals surface area (Å²) in [5.74, 6) is 1.88. The summed E-state index contributed by atoms with van der Waals surface area (Å²) in [6.45, 7) is 2.01. The first kappa shape index (κ1) is 25.3. The number of carboxylic acids is 1. The van der Waals surface area contributed by atoms with Gasteiger partial charge in [-0.15, -0.1) is 0 Å². The lowest BCUT2D eigenvalue weighted by Gasteiger charge is -2.26. The minimum absolute atomic E-state index is 0.220. The fraction of sp³-hybridized carbons (Fsp3) is 0.0938. The van der Waals surface area contributed by atoms with E-state index in [2.05, 4.69) is 10.3 Å². The Labute approximate surface area is 236 Å². The zero-order valence-electron chi connectivity index (χ0n) is 21.5. The van der Waals surface area contributed by atoms with Gasteiger partial charge in [0.05, 0.1) is 17.3 Å². The molecule has 6 rings (SSSR count). The molecule has 1 aliphatic heterocycles. The highest BCUT2D eigenvalue weighted by atomic mass is 32.1. The van der Waals surface area contributed by atoms with Crippen molar-refractivity contribution in [1.29, 1.82) is 0 Å². The van der Waals surface area contributed by atoms with Crippen molar-refractivity contribution in [2.75, 3.05) is 4.90 Å². The molecule has 0 unspecified atom stereocenters. The zero-order valence-corrected chi connectivity index (χ0v) is 22.3. The molecule has 0 saturated carbocycles. The molecule has 2 aromatic heterocycles. The molecule has 0 spiro atoms. The largest absolute Gasteiger partial charge is 0.478 e. The number of carbonyl (C=O) groups is 1. The molecule has 5 aromatic rings. The predicted octanol–water partition coefficient (Wildman–Crippen LogP) is 7.32. The Bertz CT molecular complexity index is 1670. The van der Waals surface area contributed by atoms with Crippen LogP contribution in [0.3, 0.4) is 0 Å². The smallest absolute Gasteiger partial charge is 0.335 e. The van der Waals surface area contributed by atoms with E-state index in [1.165, 1.54) is 0 Å². The number of aryl methyl sites for hydroxylation is 1. The van der Waals surface area contributed by atoms with Crippen LogP contribution in [0.5, 0.6) is 11.5 Å². The molecule has 1 saturated heterocycles. The monoisotopic (exact) mass is 547 g/mol. The number of hydrogen-bond acceptors (Lipinski definition) is 5. The molecule has 0 amide bonds. The van der Waals surface area contributed by atoms with Gasteiger partial charge in [-0.2, -0.15) is 0 Å². The summed E-state index contributed by atoms with van der Waals surface area (Å²) in [6.07, 6.45) is 1.76. The van der Waals surface area contributed by atoms with Crippen molar-refractivity contribution in [3.63, 3.8) is 0 Å². The summed E-state index contributed by atoms with van der Waals surface area (Å²) >= 11 is 5.83. The highest BCUT2D eigenvalue weighted by molar-refractivity contribution is 7.80. The Morgan fingerprint density at radius 3 is 2.40 bits per heavy atom. The van der Waals surface area contributed by atoms with Gasteiger partial charge in [0.25, 0.3) is 0 Å². The van der Waals surface area contributed by atoms with Crippen LogP contribution in [0.4, 0.5) is 5.69 Å². The third kappa shape index (κ3) is 4.92. The molecule has 40 heavy (non-hydrogen) atoms. The number of carboxylic acid groups (broad SMARTS) is 1. The fourth-order valence-electron chi connectivity index (χ4n) is 4.84. The van der Waals surface area contributed by atoms with E-state index in [1.807, 2.05) is 90.7 Å². The van der Waals surface area contributed by atoms with E-state index in [9.17, 15) is 9.90 Å². The SMILES string of the molecule is Cc1ccccc1Oc1ccc(N2C(=S)N[C@H](c3ccccn3)[C@H]2c2ccc(-c3ccc(C(=O)O)cc3)o2)cc1. The maximum Gasteiger partial charge on any atom is 0.335 e. The van der Waals surface area contributed by atoms with Crippen molar-refractivity contribution in [3.05, 3.63) is 132 Å². The van der Waals surface area contributed by atoms with Crippen molar-refractivity contribution in [2.45, 2.75) is 19.0 Å². The quantitative estimate of drug-likeness (QED) is 0.205. The Kier molecular flexibility index (Phi) is 6.76. The maximum absolute atomic E-state index is 11.3. The van der Waals surface area contributed by atoms with Gasteiger partial charge in [-0.1, -0.05) is 36.4 Å². The lowest BCUT2D eigenvalue weighted by Crippen LogP contribution is -2.29. The van der Waals surface area contributed by atoms with Crippen molar-refractivity contribution < 1.29 is 19.1 Å². The van der Waals surface area contributed by atoms with E-state index < -0.39 is 5.97 Å². The second kappa shape index (κ2) is 10.7. The number of nitrogens with zero attached hydrogens (tertiary/aromatic N) is 2. The van der Waals surface area contributed by atoms with Gasteiger partial charge in [-0.25, -0.2) is 4.79 Å². The van der Waals surface area contributed by atoms with E-state index in [0.717, 1.165) is 34.0 Å². The number of hydrogen-bond donors (Lipinski definition) is 2. The first-order valence-electron chi connectivity index (χ1n) is 12.8. The zero-order chi connectivity index (χ0) is 27.6. The Hall–Kier alpha value is -4.95. The first-order chi connectivity index (χ1) is 19.5. The number of furan rings is 1. The van der Waals surface area contributed by atoms with Gasteiger partial charge < -0.3 is 24.5 Å². The number of anilines is 1. The van der Waals surface area contributed by atoms with Crippen LogP contribution in [0.2, 0.25) is 0 Å². The second-order valence-corrected chi connectivity index (χ2v) is 9.83. The van der Waals surface area contributed by atoms with Crippen LogP contribution in [-0.2, 0) is 0 Å². The van der Waals surface area contributed by atoms with E-state index in [-0.39, 0.29) is 17.6 Å². The van der Waals surface area contributed by atoms with Crippen molar-refractivity contribution in [1.82, 2.24) is 10.3 Å². The molecule has 2 N–H and O–H groups in total. The summed E-state index contributed by atoms with van der Waals surface area (Å²) in [6, 6.07) is 31.3. The van der Waals surface area contributed by atoms with Gasteiger partial charge in [0, 0.05) is 17.4 Å². The van der Waals surface area contributed by atoms with Crippen LogP contribution in [0.1, 0.15) is 39.5 Å². The highest BCUT2D eigenvalue weighted by Crippen LogP contribution is 2.43. The van der Waals surface area contributed by atoms with Gasteiger partial charge in [-0.3, -0.25) is 4.98 Å². The molecular formula is C32H25N3O4S. The van der Waals surface area contributed by atoms with Crippen molar-refractivity contribution in [3.8, 4) is 22.8 Å². The number of pyridine rings is 1. The molecule has 3 heterocycles. The highest BCUT2D eigenvalue weighted by Gasteiger charge is 2.42. The lowest BCUT2D eigenvalue weighted by atomic mass is 10.0. The van der Waals surface area contributed by atoms with Gasteiger partial charge in [0.1, 0.15) is 29.1 Å². The number of aromatic carboxylic acids is 1. The number of rotatable bonds is 7. The van der Waals surface area contributed by atoms with Crippen molar-refractivity contribution in [2.24, 2.45) is 0 Å². The molecule has 198 valence electrons. The van der Waals surface area contributed by atoms with E-state index in [0.29, 0.717) is 16.6 Å².